The van der Waals surface area contributed by atoms with Crippen molar-refractivity contribution in [3.63, 3.8) is 0 Å². The molecule has 0 amide bonds. The van der Waals surface area contributed by atoms with Crippen molar-refractivity contribution in [2.45, 2.75) is 30.7 Å². The lowest BCUT2D eigenvalue weighted by atomic mass is 10.2. The second-order valence-electron chi connectivity index (χ2n) is 4.22. The number of hydrogen-bond acceptors (Lipinski definition) is 3. The highest BCUT2D eigenvalue weighted by Crippen LogP contribution is 2.25. The molecule has 0 N–H and O–H groups in total. The molecule has 1 aromatic carbocycles. The molecule has 1 aliphatic heterocycles. The first-order valence-electron chi connectivity index (χ1n) is 5.54. The molecule has 1 aliphatic rings. The van der Waals surface area contributed by atoms with Crippen LogP contribution in [0.25, 0.3) is 0 Å². The Bertz CT molecular complexity index is 543. The quantitative estimate of drug-likeness (QED) is 0.802. The van der Waals surface area contributed by atoms with Crippen molar-refractivity contribution in [1.82, 2.24) is 4.31 Å². The van der Waals surface area contributed by atoms with Crippen molar-refractivity contribution in [1.29, 1.82) is 5.26 Å². The average molecular weight is 250 g/mol. The molecule has 0 bridgehead atoms. The lowest BCUT2D eigenvalue weighted by molar-refractivity contribution is 0.437. The average Bonchev–Trinajstić information content (AvgIpc) is 2.78. The molecule has 17 heavy (non-hydrogen) atoms. The molecule has 1 heterocycles. The van der Waals surface area contributed by atoms with Crippen molar-refractivity contribution in [3.05, 3.63) is 29.8 Å². The molecule has 0 saturated carbocycles. The predicted molar refractivity (Wildman–Crippen MR) is 63.7 cm³/mol. The van der Waals surface area contributed by atoms with Crippen LogP contribution < -0.4 is 0 Å². The molecule has 1 aromatic rings. The van der Waals surface area contributed by atoms with Crippen molar-refractivity contribution < 1.29 is 8.42 Å². The van der Waals surface area contributed by atoms with E-state index in [0.29, 0.717) is 13.0 Å². The van der Waals surface area contributed by atoms with Gasteiger partial charge in [-0.3, -0.25) is 0 Å². The van der Waals surface area contributed by atoms with E-state index < -0.39 is 16.1 Å². The van der Waals surface area contributed by atoms with E-state index in [2.05, 4.69) is 0 Å². The number of rotatable bonds is 2. The molecule has 2 rings (SSSR count). The van der Waals surface area contributed by atoms with Crippen molar-refractivity contribution >= 4 is 10.0 Å². The molecule has 1 fully saturated rings. The number of sulfonamides is 1. The molecule has 0 radical (unpaired) electrons. The van der Waals surface area contributed by atoms with Crippen LogP contribution >= 0.6 is 0 Å². The SMILES string of the molecule is Cc1ccc(S(=O)(=O)N2CCCC2C#N)cc1. The van der Waals surface area contributed by atoms with Gasteiger partial charge in [-0.2, -0.15) is 9.57 Å². The molecule has 0 aliphatic carbocycles. The first kappa shape index (κ1) is 12.1. The topological polar surface area (TPSA) is 61.2 Å². The van der Waals surface area contributed by atoms with Gasteiger partial charge in [0.25, 0.3) is 0 Å². The fraction of sp³-hybridized carbons (Fsp3) is 0.417. The largest absolute Gasteiger partial charge is 0.244 e. The van der Waals surface area contributed by atoms with E-state index in [1.165, 1.54) is 4.31 Å². The van der Waals surface area contributed by atoms with Crippen LogP contribution in [0.1, 0.15) is 18.4 Å². The Morgan fingerprint density at radius 1 is 1.35 bits per heavy atom. The molecule has 5 heteroatoms. The second-order valence-corrected chi connectivity index (χ2v) is 6.11. The zero-order chi connectivity index (χ0) is 12.5. The lowest BCUT2D eigenvalue weighted by Crippen LogP contribution is -2.34. The number of benzene rings is 1. The minimum Gasteiger partial charge on any atom is -0.207 e. The van der Waals surface area contributed by atoms with Gasteiger partial charge in [0.2, 0.25) is 10.0 Å². The fourth-order valence-electron chi connectivity index (χ4n) is 2.00. The third-order valence-electron chi connectivity index (χ3n) is 2.98. The van der Waals surface area contributed by atoms with Crippen LogP contribution in [-0.2, 0) is 10.0 Å². The summed E-state index contributed by atoms with van der Waals surface area (Å²) in [6.45, 7) is 2.35. The molecule has 1 atom stereocenters. The monoisotopic (exact) mass is 250 g/mol. The Hall–Kier alpha value is -1.38. The Labute approximate surface area is 102 Å². The van der Waals surface area contributed by atoms with E-state index in [9.17, 15) is 8.42 Å². The van der Waals surface area contributed by atoms with Crippen LogP contribution in [0.15, 0.2) is 29.2 Å². The highest BCUT2D eigenvalue weighted by Gasteiger charge is 2.35. The number of nitriles is 1. The molecule has 90 valence electrons. The molecular formula is C12H14N2O2S. The van der Waals surface area contributed by atoms with Gasteiger partial charge in [-0.15, -0.1) is 0 Å². The molecule has 1 saturated heterocycles. The van der Waals surface area contributed by atoms with Gasteiger partial charge < -0.3 is 0 Å². The summed E-state index contributed by atoms with van der Waals surface area (Å²) in [6.07, 6.45) is 1.38. The zero-order valence-electron chi connectivity index (χ0n) is 9.63. The first-order valence-corrected chi connectivity index (χ1v) is 6.98. The van der Waals surface area contributed by atoms with Crippen molar-refractivity contribution in [2.24, 2.45) is 0 Å². The minimum absolute atomic E-state index is 0.269. The summed E-state index contributed by atoms with van der Waals surface area (Å²) < 4.78 is 25.9. The third kappa shape index (κ3) is 2.19. The van der Waals surface area contributed by atoms with Crippen LogP contribution in [-0.4, -0.2) is 25.3 Å². The highest BCUT2D eigenvalue weighted by atomic mass is 32.2. The molecule has 1 unspecified atom stereocenters. The Morgan fingerprint density at radius 2 is 2.00 bits per heavy atom. The summed E-state index contributed by atoms with van der Waals surface area (Å²) in [7, 11) is -3.51. The van der Waals surface area contributed by atoms with E-state index in [0.717, 1.165) is 12.0 Å². The Balaban J connectivity index is 2.37. The second kappa shape index (κ2) is 4.47. The van der Waals surface area contributed by atoms with Crippen LogP contribution in [0.3, 0.4) is 0 Å². The van der Waals surface area contributed by atoms with Crippen LogP contribution in [0, 0.1) is 18.3 Å². The number of aryl methyl sites for hydroxylation is 1. The normalized spacial score (nSPS) is 21.3. The van der Waals surface area contributed by atoms with Gasteiger partial charge >= 0.3 is 0 Å². The third-order valence-corrected chi connectivity index (χ3v) is 4.90. The predicted octanol–water partition coefficient (Wildman–Crippen LogP) is 1.67. The van der Waals surface area contributed by atoms with E-state index in [1.54, 1.807) is 24.3 Å². The summed E-state index contributed by atoms with van der Waals surface area (Å²) in [6, 6.07) is 8.26. The molecule has 0 aromatic heterocycles. The van der Waals surface area contributed by atoms with Crippen LogP contribution in [0.5, 0.6) is 0 Å². The Kier molecular flexibility index (Phi) is 3.18. The summed E-state index contributed by atoms with van der Waals surface area (Å²) in [4.78, 5) is 0.269. The van der Waals surface area contributed by atoms with Gasteiger partial charge in [0.1, 0.15) is 6.04 Å². The maximum Gasteiger partial charge on any atom is 0.244 e. The Morgan fingerprint density at radius 3 is 2.59 bits per heavy atom. The fourth-order valence-corrected chi connectivity index (χ4v) is 3.61. The summed E-state index contributed by atoms with van der Waals surface area (Å²) in [5.74, 6) is 0. The van der Waals surface area contributed by atoms with E-state index in [-0.39, 0.29) is 4.90 Å². The van der Waals surface area contributed by atoms with Gasteiger partial charge in [0.15, 0.2) is 0 Å². The summed E-state index contributed by atoms with van der Waals surface area (Å²) in [5.41, 5.74) is 1.02. The zero-order valence-corrected chi connectivity index (χ0v) is 10.4. The number of hydrogen-bond donors (Lipinski definition) is 0. The summed E-state index contributed by atoms with van der Waals surface area (Å²) >= 11 is 0. The smallest absolute Gasteiger partial charge is 0.207 e. The van der Waals surface area contributed by atoms with E-state index in [4.69, 9.17) is 5.26 Å². The first-order chi connectivity index (χ1) is 8.05. The van der Waals surface area contributed by atoms with Gasteiger partial charge in [0, 0.05) is 6.54 Å². The van der Waals surface area contributed by atoms with Crippen LogP contribution in [0.4, 0.5) is 0 Å². The molecule has 4 nitrogen and oxygen atoms in total. The lowest BCUT2D eigenvalue weighted by Gasteiger charge is -2.19. The standard InChI is InChI=1S/C12H14N2O2S/c1-10-4-6-12(7-5-10)17(15,16)14-8-2-3-11(14)9-13/h4-7,11H,2-3,8H2,1H3. The van der Waals surface area contributed by atoms with Gasteiger partial charge in [-0.1, -0.05) is 17.7 Å². The maximum atomic E-state index is 12.3. The molecular weight excluding hydrogens is 236 g/mol. The minimum atomic E-state index is -3.51. The van der Waals surface area contributed by atoms with Crippen molar-refractivity contribution in [3.8, 4) is 6.07 Å². The van der Waals surface area contributed by atoms with Gasteiger partial charge in [-0.25, -0.2) is 8.42 Å². The van der Waals surface area contributed by atoms with Gasteiger partial charge in [0.05, 0.1) is 11.0 Å². The highest BCUT2D eigenvalue weighted by molar-refractivity contribution is 7.89. The maximum absolute atomic E-state index is 12.3. The number of nitrogens with zero attached hydrogens (tertiary/aromatic N) is 2. The van der Waals surface area contributed by atoms with Gasteiger partial charge in [-0.05, 0) is 31.9 Å². The van der Waals surface area contributed by atoms with Crippen molar-refractivity contribution in [2.75, 3.05) is 6.54 Å². The van der Waals surface area contributed by atoms with E-state index in [1.807, 2.05) is 13.0 Å². The molecule has 0 spiro atoms. The van der Waals surface area contributed by atoms with Crippen LogP contribution in [0.2, 0.25) is 0 Å². The van der Waals surface area contributed by atoms with E-state index >= 15 is 0 Å². The summed E-state index contributed by atoms with van der Waals surface area (Å²) in [5, 5.41) is 8.93.